The molecule has 0 amide bonds. The number of fused-ring (bicyclic) bond motifs is 12. The highest BCUT2D eigenvalue weighted by molar-refractivity contribution is 6.00. The summed E-state index contributed by atoms with van der Waals surface area (Å²) >= 11 is 0. The van der Waals surface area contributed by atoms with Crippen molar-refractivity contribution in [2.45, 2.75) is 116 Å². The quantitative estimate of drug-likeness (QED) is 0.122. The highest BCUT2D eigenvalue weighted by Gasteiger charge is 2.52. The third kappa shape index (κ3) is 14.3. The standard InChI is InChI=1S/C58H45N3.C37H30N6.C34H29N3/c1-57(2)49-34-41(46-29-16-14-26-43(46)38-20-8-5-9-21-38)35-50-54(49)61(56-51(57)36-42(37-59-56)47-30-17-15-27-44(47)39-22-10-6-11-23-39)53-33-32-52(60-55(53)58(50,3)4)48-31-19-18-28-45(48)40-24-12-7-13-25-40;1-36(2)27-21-31(25-11-17-40-18-12-25)41-22-33(27)43-32-6-5-30(24-9-15-39-16-10-24)42-35(32)37(3,4)29-20-26(19-28(36)34(29)43)23-7-13-38-14-8-23;1-33(2)25-17-24(22-11-7-5-8-12-22)15-16-30(25)37-31-21-36-29(23-13-9-6-10-14-23)18-26(31)34(3,4)28-20-35-19-27(33)32(28)37/h5-37H,1-4H3;5-22H,1-4H3;5-21H,1-4H3. The first-order valence-electron chi connectivity index (χ1n) is 48.7. The van der Waals surface area contributed by atoms with E-state index in [0.29, 0.717) is 0 Å². The maximum absolute atomic E-state index is 5.69. The van der Waals surface area contributed by atoms with Gasteiger partial charge in [0.2, 0.25) is 0 Å². The lowest BCUT2D eigenvalue weighted by atomic mass is 9.66. The molecule has 680 valence electrons. The number of anilines is 9. The van der Waals surface area contributed by atoms with Crippen molar-refractivity contribution in [2.24, 2.45) is 0 Å². The average molecular weight is 1820 g/mol. The van der Waals surface area contributed by atoms with Gasteiger partial charge < -0.3 is 9.80 Å². The molecule has 20 aromatic rings. The normalized spacial score (nSPS) is 15.0. The zero-order valence-electron chi connectivity index (χ0n) is 81.1. The van der Waals surface area contributed by atoms with Crippen LogP contribution in [-0.2, 0) is 32.5 Å². The molecule has 0 atom stereocenters. The summed E-state index contributed by atoms with van der Waals surface area (Å²) in [5.41, 5.74) is 46.8. The van der Waals surface area contributed by atoms with Crippen LogP contribution in [0, 0.1) is 0 Å². The Morgan fingerprint density at radius 2 is 0.496 bits per heavy atom. The summed E-state index contributed by atoms with van der Waals surface area (Å²) < 4.78 is 0. The van der Waals surface area contributed by atoms with E-state index in [1.165, 1.54) is 145 Å². The number of benzene rings is 11. The molecule has 0 N–H and O–H groups in total. The molecule has 141 heavy (non-hydrogen) atoms. The van der Waals surface area contributed by atoms with Crippen LogP contribution in [0.1, 0.15) is 150 Å². The molecule has 0 radical (unpaired) electrons. The Morgan fingerprint density at radius 3 is 0.993 bits per heavy atom. The SMILES string of the molecule is CC1(C)c2cc(-c3ccccc3)ccc2N2c3cnc(-c4ccccc4)cc3C(C)(C)c3cncc1c32.CC1(C)c2cc(-c3ccccc3-c3ccccc3)cnc2N2c3ccc(-c4ccccc4-c4ccccc4)nc3C(C)(C)c3cc(-c4ccccc4-c4ccccc4)cc1c32.CC1(C)c2cc(-c3ccncc3)ncc2N2c3ccc(-c4ccncc4)nc3C(C)(C)c3cc(-c4ccncc4)cc1c32. The maximum Gasteiger partial charge on any atom is 0.141 e. The van der Waals surface area contributed by atoms with Gasteiger partial charge in [0.15, 0.2) is 0 Å². The number of pyridine rings is 9. The first kappa shape index (κ1) is 87.0. The van der Waals surface area contributed by atoms with Gasteiger partial charge in [-0.3, -0.25) is 34.8 Å². The van der Waals surface area contributed by atoms with Crippen LogP contribution in [0.15, 0.2) is 414 Å². The van der Waals surface area contributed by atoms with E-state index in [9.17, 15) is 0 Å². The smallest absolute Gasteiger partial charge is 0.141 e. The van der Waals surface area contributed by atoms with E-state index in [1.807, 2.05) is 73.7 Å². The molecule has 11 aromatic carbocycles. The summed E-state index contributed by atoms with van der Waals surface area (Å²) in [6.45, 7) is 28.0. The van der Waals surface area contributed by atoms with Gasteiger partial charge in [-0.2, -0.15) is 0 Å². The molecule has 26 rings (SSSR count). The Balaban J connectivity index is 0.000000119. The molecule has 0 aliphatic carbocycles. The van der Waals surface area contributed by atoms with Crippen molar-refractivity contribution in [1.29, 1.82) is 0 Å². The highest BCUT2D eigenvalue weighted by atomic mass is 15.2. The molecule has 0 unspecified atom stereocenters. The third-order valence-corrected chi connectivity index (χ3v) is 30.6. The van der Waals surface area contributed by atoms with Crippen molar-refractivity contribution < 1.29 is 0 Å². The summed E-state index contributed by atoms with van der Waals surface area (Å²) in [7, 11) is 0. The second kappa shape index (κ2) is 33.5. The molecule has 6 aliphatic heterocycles. The summed E-state index contributed by atoms with van der Waals surface area (Å²) in [5.74, 6) is 0.952. The molecule has 0 saturated heterocycles. The van der Waals surface area contributed by atoms with E-state index in [-0.39, 0.29) is 21.7 Å². The van der Waals surface area contributed by atoms with Crippen molar-refractivity contribution in [3.63, 3.8) is 0 Å². The van der Waals surface area contributed by atoms with Crippen molar-refractivity contribution in [3.05, 3.63) is 481 Å². The Kier molecular flexibility index (Phi) is 20.7. The number of aromatic nitrogens is 9. The van der Waals surface area contributed by atoms with Crippen LogP contribution >= 0.6 is 0 Å². The average Bonchev–Trinajstić information content (AvgIpc) is 0.691. The van der Waals surface area contributed by atoms with Gasteiger partial charge in [0.05, 0.1) is 92.1 Å². The van der Waals surface area contributed by atoms with Gasteiger partial charge >= 0.3 is 0 Å². The first-order chi connectivity index (χ1) is 68.5. The Labute approximate surface area is 824 Å². The molecule has 12 heteroatoms. The van der Waals surface area contributed by atoms with Gasteiger partial charge in [0, 0.05) is 133 Å². The number of hydrogen-bond donors (Lipinski definition) is 0. The van der Waals surface area contributed by atoms with E-state index in [1.54, 1.807) is 0 Å². The van der Waals surface area contributed by atoms with E-state index >= 15 is 0 Å². The minimum absolute atomic E-state index is 0.194. The molecular formula is C129H104N12. The van der Waals surface area contributed by atoms with Crippen LogP contribution in [0.3, 0.4) is 0 Å². The van der Waals surface area contributed by atoms with Crippen LogP contribution in [0.2, 0.25) is 0 Å². The predicted molar refractivity (Wildman–Crippen MR) is 576 cm³/mol. The van der Waals surface area contributed by atoms with Gasteiger partial charge in [0.1, 0.15) is 5.82 Å². The molecule has 9 aromatic heterocycles. The second-order valence-corrected chi connectivity index (χ2v) is 41.0. The fraction of sp³-hybridized carbons (Fsp3) is 0.140. The van der Waals surface area contributed by atoms with E-state index in [2.05, 4.69) is 453 Å². The zero-order valence-corrected chi connectivity index (χ0v) is 81.1. The second-order valence-electron chi connectivity index (χ2n) is 41.0. The molecule has 0 fully saturated rings. The fourth-order valence-corrected chi connectivity index (χ4v) is 22.8. The number of rotatable bonds is 11. The number of nitrogens with zero attached hydrogens (tertiary/aromatic N) is 12. The topological polar surface area (TPSA) is 126 Å². The first-order valence-corrected chi connectivity index (χ1v) is 48.7. The molecule has 6 aliphatic rings. The van der Waals surface area contributed by atoms with Crippen molar-refractivity contribution in [1.82, 2.24) is 44.9 Å². The molecular weight excluding hydrogens is 1720 g/mol. The summed E-state index contributed by atoms with van der Waals surface area (Å²) in [6.07, 6.45) is 21.3. The van der Waals surface area contributed by atoms with Crippen LogP contribution in [0.4, 0.5) is 51.3 Å². The largest absolute Gasteiger partial charge is 0.308 e. The van der Waals surface area contributed by atoms with Crippen LogP contribution in [-0.4, -0.2) is 44.9 Å². The van der Waals surface area contributed by atoms with Gasteiger partial charge in [-0.15, -0.1) is 0 Å². The predicted octanol–water partition coefficient (Wildman–Crippen LogP) is 32.2. The fourth-order valence-electron chi connectivity index (χ4n) is 22.8. The number of hydrogen-bond acceptors (Lipinski definition) is 12. The van der Waals surface area contributed by atoms with E-state index < -0.39 is 10.8 Å². The monoisotopic (exact) mass is 1820 g/mol. The summed E-state index contributed by atoms with van der Waals surface area (Å²) in [6, 6.07) is 124. The maximum atomic E-state index is 5.69. The lowest BCUT2D eigenvalue weighted by molar-refractivity contribution is 0.582. The summed E-state index contributed by atoms with van der Waals surface area (Å²) in [4.78, 5) is 51.2. The van der Waals surface area contributed by atoms with Gasteiger partial charge in [-0.1, -0.05) is 286 Å². The molecule has 0 saturated carbocycles. The summed E-state index contributed by atoms with van der Waals surface area (Å²) in [5, 5.41) is 0. The third-order valence-electron chi connectivity index (χ3n) is 30.6. The van der Waals surface area contributed by atoms with Crippen LogP contribution in [0.25, 0.3) is 123 Å². The Hall–Kier alpha value is -16.8. The Bertz CT molecular complexity index is 7920. The van der Waals surface area contributed by atoms with Crippen LogP contribution < -0.4 is 14.7 Å². The van der Waals surface area contributed by atoms with Crippen LogP contribution in [0.5, 0.6) is 0 Å². The van der Waals surface area contributed by atoms with E-state index in [4.69, 9.17) is 29.9 Å². The van der Waals surface area contributed by atoms with Crippen molar-refractivity contribution in [3.8, 4) is 123 Å². The lowest BCUT2D eigenvalue weighted by Crippen LogP contribution is -2.39. The van der Waals surface area contributed by atoms with Gasteiger partial charge in [-0.25, -0.2) is 15.0 Å². The minimum Gasteiger partial charge on any atom is -0.308 e. The molecule has 0 bridgehead atoms. The molecule has 15 heterocycles. The molecule has 12 nitrogen and oxygen atoms in total. The molecule has 0 spiro atoms. The lowest BCUT2D eigenvalue weighted by Gasteiger charge is -2.49. The van der Waals surface area contributed by atoms with Gasteiger partial charge in [0.25, 0.3) is 0 Å². The van der Waals surface area contributed by atoms with Gasteiger partial charge in [-0.05, 0) is 254 Å². The van der Waals surface area contributed by atoms with Crippen molar-refractivity contribution >= 4 is 51.3 Å². The zero-order chi connectivity index (χ0) is 96.0. The van der Waals surface area contributed by atoms with Crippen molar-refractivity contribution in [2.75, 3.05) is 14.7 Å². The Morgan fingerprint density at radius 1 is 0.177 bits per heavy atom. The van der Waals surface area contributed by atoms with E-state index in [0.717, 1.165) is 96.1 Å². The highest BCUT2D eigenvalue weighted by Crippen LogP contribution is 2.66. The minimum atomic E-state index is -0.451.